The number of nitrogens with zero attached hydrogens (tertiary/aromatic N) is 4. The summed E-state index contributed by atoms with van der Waals surface area (Å²) in [4.78, 5) is 14.6. The zero-order chi connectivity index (χ0) is 19.8. The fraction of sp³-hybridized carbons (Fsp3) is 0.739. The quantitative estimate of drug-likeness (QED) is 0.625. The SMILES string of the molecule is CCNC(=NCc1ccc(N2CCC(C)CC2)nc1)N1CC2C3CCC(O3)C2C1. The van der Waals surface area contributed by atoms with Crippen molar-refractivity contribution in [2.45, 2.75) is 58.3 Å². The largest absolute Gasteiger partial charge is 0.374 e. The van der Waals surface area contributed by atoms with Crippen LogP contribution in [-0.2, 0) is 11.3 Å². The molecule has 4 unspecified atom stereocenters. The van der Waals surface area contributed by atoms with Crippen molar-refractivity contribution in [3.05, 3.63) is 23.9 Å². The van der Waals surface area contributed by atoms with Crippen molar-refractivity contribution in [1.29, 1.82) is 0 Å². The molecule has 0 amide bonds. The van der Waals surface area contributed by atoms with Gasteiger partial charge in [-0.25, -0.2) is 9.98 Å². The normalized spacial score (nSPS) is 32.1. The molecule has 5 rings (SSSR count). The molecule has 0 aromatic carbocycles. The lowest BCUT2D eigenvalue weighted by molar-refractivity contribution is 0.0767. The molecule has 158 valence electrons. The van der Waals surface area contributed by atoms with Crippen molar-refractivity contribution >= 4 is 11.8 Å². The molecule has 6 nitrogen and oxygen atoms in total. The van der Waals surface area contributed by atoms with Crippen LogP contribution in [0.1, 0.15) is 45.1 Å². The van der Waals surface area contributed by atoms with Crippen LogP contribution < -0.4 is 10.2 Å². The average Bonchev–Trinajstić information content (AvgIpc) is 3.46. The average molecular weight is 398 g/mol. The fourth-order valence-corrected chi connectivity index (χ4v) is 5.66. The molecule has 4 atom stereocenters. The van der Waals surface area contributed by atoms with E-state index >= 15 is 0 Å². The monoisotopic (exact) mass is 397 g/mol. The number of fused-ring (bicyclic) bond motifs is 5. The first-order valence-corrected chi connectivity index (χ1v) is 11.6. The molecule has 6 heteroatoms. The highest BCUT2D eigenvalue weighted by Gasteiger charge is 2.53. The number of anilines is 1. The van der Waals surface area contributed by atoms with Crippen LogP contribution >= 0.6 is 0 Å². The Balaban J connectivity index is 1.22. The molecular weight excluding hydrogens is 362 g/mol. The fourth-order valence-electron chi connectivity index (χ4n) is 5.66. The second kappa shape index (κ2) is 8.13. The van der Waals surface area contributed by atoms with Crippen LogP contribution in [0, 0.1) is 17.8 Å². The summed E-state index contributed by atoms with van der Waals surface area (Å²) >= 11 is 0. The Kier molecular flexibility index (Phi) is 5.37. The molecular formula is C23H35N5O. The van der Waals surface area contributed by atoms with E-state index in [0.717, 1.165) is 50.4 Å². The van der Waals surface area contributed by atoms with E-state index in [2.05, 4.69) is 41.1 Å². The summed E-state index contributed by atoms with van der Waals surface area (Å²) in [7, 11) is 0. The van der Waals surface area contributed by atoms with Gasteiger partial charge in [0.15, 0.2) is 5.96 Å². The molecule has 0 aliphatic carbocycles. The molecule has 1 aromatic rings. The van der Waals surface area contributed by atoms with Gasteiger partial charge >= 0.3 is 0 Å². The Morgan fingerprint density at radius 3 is 2.48 bits per heavy atom. The number of ether oxygens (including phenoxy) is 1. The Morgan fingerprint density at radius 2 is 1.86 bits per heavy atom. The predicted octanol–water partition coefficient (Wildman–Crippen LogP) is 2.89. The van der Waals surface area contributed by atoms with E-state index in [4.69, 9.17) is 14.7 Å². The number of likely N-dealkylation sites (tertiary alicyclic amines) is 1. The number of aliphatic imine (C=N–C) groups is 1. The molecule has 1 N–H and O–H groups in total. The van der Waals surface area contributed by atoms with Crippen LogP contribution in [0.3, 0.4) is 0 Å². The standard InChI is InChI=1S/C23H35N5O/c1-3-24-23(28-14-18-19(15-28)21-6-5-20(18)29-21)26-13-17-4-7-22(25-12-17)27-10-8-16(2)9-11-27/h4,7,12,16,18-21H,3,5-6,8-11,13-15H2,1-2H3,(H,24,26). The van der Waals surface area contributed by atoms with Gasteiger partial charge in [-0.2, -0.15) is 0 Å². The highest BCUT2D eigenvalue weighted by Crippen LogP contribution is 2.47. The van der Waals surface area contributed by atoms with Crippen molar-refractivity contribution in [2.75, 3.05) is 37.6 Å². The Bertz CT molecular complexity index is 709. The summed E-state index contributed by atoms with van der Waals surface area (Å²) in [5.41, 5.74) is 1.18. The van der Waals surface area contributed by atoms with Crippen LogP contribution in [0.25, 0.3) is 0 Å². The van der Waals surface area contributed by atoms with E-state index in [1.165, 1.54) is 31.2 Å². The van der Waals surface area contributed by atoms with E-state index in [1.54, 1.807) is 0 Å². The smallest absolute Gasteiger partial charge is 0.194 e. The van der Waals surface area contributed by atoms with Gasteiger partial charge in [0.1, 0.15) is 5.82 Å². The minimum absolute atomic E-state index is 0.493. The van der Waals surface area contributed by atoms with Gasteiger partial charge in [-0.3, -0.25) is 0 Å². The van der Waals surface area contributed by atoms with Crippen molar-refractivity contribution in [1.82, 2.24) is 15.2 Å². The Hall–Kier alpha value is -1.82. The first kappa shape index (κ1) is 19.2. The van der Waals surface area contributed by atoms with E-state index in [0.29, 0.717) is 30.6 Å². The molecule has 4 fully saturated rings. The lowest BCUT2D eigenvalue weighted by Crippen LogP contribution is -2.41. The van der Waals surface area contributed by atoms with Crippen molar-refractivity contribution in [3.63, 3.8) is 0 Å². The first-order chi connectivity index (χ1) is 14.2. The van der Waals surface area contributed by atoms with Gasteiger partial charge in [0.05, 0.1) is 18.8 Å². The number of piperidine rings is 1. The van der Waals surface area contributed by atoms with E-state index < -0.39 is 0 Å². The van der Waals surface area contributed by atoms with Crippen LogP contribution in [0.5, 0.6) is 0 Å². The first-order valence-electron chi connectivity index (χ1n) is 11.6. The van der Waals surface area contributed by atoms with E-state index in [1.807, 2.05) is 6.20 Å². The molecule has 4 aliphatic heterocycles. The minimum atomic E-state index is 0.493. The topological polar surface area (TPSA) is 53.0 Å². The molecule has 2 bridgehead atoms. The van der Waals surface area contributed by atoms with Gasteiger partial charge in [0.25, 0.3) is 0 Å². The number of hydrogen-bond donors (Lipinski definition) is 1. The van der Waals surface area contributed by atoms with Gasteiger partial charge in [-0.05, 0) is 50.2 Å². The summed E-state index contributed by atoms with van der Waals surface area (Å²) in [5.74, 6) is 4.41. The maximum atomic E-state index is 6.12. The van der Waals surface area contributed by atoms with Crippen LogP contribution in [0.2, 0.25) is 0 Å². The maximum absolute atomic E-state index is 6.12. The van der Waals surface area contributed by atoms with Gasteiger partial charge in [-0.1, -0.05) is 13.0 Å². The lowest BCUT2D eigenvalue weighted by atomic mass is 9.82. The molecule has 5 heterocycles. The second-order valence-corrected chi connectivity index (χ2v) is 9.39. The molecule has 4 aliphatic rings. The van der Waals surface area contributed by atoms with E-state index in [-0.39, 0.29) is 0 Å². The molecule has 1 aromatic heterocycles. The zero-order valence-electron chi connectivity index (χ0n) is 17.9. The third-order valence-electron chi connectivity index (χ3n) is 7.42. The third-order valence-corrected chi connectivity index (χ3v) is 7.42. The van der Waals surface area contributed by atoms with Gasteiger partial charge < -0.3 is 19.9 Å². The predicted molar refractivity (Wildman–Crippen MR) is 116 cm³/mol. The summed E-state index contributed by atoms with van der Waals surface area (Å²) in [6.07, 6.45) is 8.03. The summed E-state index contributed by atoms with van der Waals surface area (Å²) in [6, 6.07) is 4.36. The summed E-state index contributed by atoms with van der Waals surface area (Å²) < 4.78 is 6.12. The van der Waals surface area contributed by atoms with Crippen molar-refractivity contribution < 1.29 is 4.74 Å². The molecule has 29 heavy (non-hydrogen) atoms. The van der Waals surface area contributed by atoms with Gasteiger partial charge in [-0.15, -0.1) is 0 Å². The Morgan fingerprint density at radius 1 is 1.14 bits per heavy atom. The third kappa shape index (κ3) is 3.83. The number of guanidine groups is 1. The van der Waals surface area contributed by atoms with Crippen LogP contribution in [0.15, 0.2) is 23.3 Å². The molecule has 4 saturated heterocycles. The lowest BCUT2D eigenvalue weighted by Gasteiger charge is -2.31. The van der Waals surface area contributed by atoms with Crippen LogP contribution in [-0.4, -0.2) is 60.8 Å². The summed E-state index contributed by atoms with van der Waals surface area (Å²) in [6.45, 7) is 10.5. The number of hydrogen-bond acceptors (Lipinski definition) is 4. The highest BCUT2D eigenvalue weighted by molar-refractivity contribution is 5.80. The van der Waals surface area contributed by atoms with Gasteiger partial charge in [0.2, 0.25) is 0 Å². The van der Waals surface area contributed by atoms with Gasteiger partial charge in [0, 0.05) is 50.8 Å². The minimum Gasteiger partial charge on any atom is -0.374 e. The number of pyridine rings is 1. The summed E-state index contributed by atoms with van der Waals surface area (Å²) in [5, 5.41) is 3.51. The zero-order valence-corrected chi connectivity index (χ0v) is 17.9. The van der Waals surface area contributed by atoms with Crippen molar-refractivity contribution in [3.8, 4) is 0 Å². The number of nitrogens with one attached hydrogen (secondary N) is 1. The van der Waals surface area contributed by atoms with Crippen molar-refractivity contribution in [2.24, 2.45) is 22.7 Å². The molecule has 0 radical (unpaired) electrons. The van der Waals surface area contributed by atoms with Crippen LogP contribution in [0.4, 0.5) is 5.82 Å². The number of rotatable bonds is 4. The Labute approximate surface area is 174 Å². The molecule has 0 spiro atoms. The number of aromatic nitrogens is 1. The highest BCUT2D eigenvalue weighted by atomic mass is 16.5. The second-order valence-electron chi connectivity index (χ2n) is 9.39. The maximum Gasteiger partial charge on any atom is 0.194 e. The molecule has 0 saturated carbocycles. The van der Waals surface area contributed by atoms with E-state index in [9.17, 15) is 0 Å².